The fourth-order valence-electron chi connectivity index (χ4n) is 3.04. The Morgan fingerprint density at radius 3 is 2.90 bits per heavy atom. The number of rotatable bonds is 2. The van der Waals surface area contributed by atoms with Crippen LogP contribution >= 0.6 is 15.9 Å². The van der Waals surface area contributed by atoms with Gasteiger partial charge in [-0.3, -0.25) is 4.79 Å². The molecule has 3 rings (SSSR count). The molecule has 1 aromatic rings. The number of anilines is 1. The number of carboxylic acids is 1. The molecular formula is C14H15BrN2O3. The van der Waals surface area contributed by atoms with Crippen LogP contribution in [0, 0.1) is 0 Å². The van der Waals surface area contributed by atoms with Crippen molar-refractivity contribution in [3.05, 3.63) is 28.2 Å². The monoisotopic (exact) mass is 338 g/mol. The first kappa shape index (κ1) is 13.4. The van der Waals surface area contributed by atoms with Crippen LogP contribution in [0.5, 0.6) is 0 Å². The number of hydrogen-bond donors (Lipinski definition) is 1. The smallest absolute Gasteiger partial charge is 0.337 e. The molecule has 2 aliphatic heterocycles. The molecular weight excluding hydrogens is 324 g/mol. The van der Waals surface area contributed by atoms with Crippen molar-refractivity contribution in [2.75, 3.05) is 24.5 Å². The van der Waals surface area contributed by atoms with E-state index in [1.165, 1.54) is 0 Å². The molecule has 5 nitrogen and oxygen atoms in total. The minimum Gasteiger partial charge on any atom is -0.478 e. The molecule has 0 aliphatic carbocycles. The second kappa shape index (κ2) is 5.09. The van der Waals surface area contributed by atoms with Crippen molar-refractivity contribution in [1.82, 2.24) is 4.90 Å². The minimum atomic E-state index is -0.925. The number of hydrogen-bond acceptors (Lipinski definition) is 3. The normalized spacial score (nSPS) is 22.1. The maximum absolute atomic E-state index is 11.7. The van der Waals surface area contributed by atoms with Crippen LogP contribution in [0.25, 0.3) is 0 Å². The van der Waals surface area contributed by atoms with Crippen LogP contribution in [-0.4, -0.2) is 47.6 Å². The van der Waals surface area contributed by atoms with Gasteiger partial charge in [-0.25, -0.2) is 4.79 Å². The van der Waals surface area contributed by atoms with E-state index in [0.717, 1.165) is 16.6 Å². The lowest BCUT2D eigenvalue weighted by atomic mass is 10.1. The van der Waals surface area contributed by atoms with Crippen molar-refractivity contribution >= 4 is 33.5 Å². The number of aromatic carboxylic acids is 1. The SMILES string of the molecule is O=C(O)c1cc(Br)ccc1N1CCN2C(=O)CCC2C1. The van der Waals surface area contributed by atoms with E-state index >= 15 is 0 Å². The molecule has 1 N–H and O–H groups in total. The summed E-state index contributed by atoms with van der Waals surface area (Å²) in [5, 5.41) is 9.34. The number of carbonyl (C=O) groups is 2. The summed E-state index contributed by atoms with van der Waals surface area (Å²) in [7, 11) is 0. The molecule has 0 radical (unpaired) electrons. The lowest BCUT2D eigenvalue weighted by molar-refractivity contribution is -0.129. The molecule has 20 heavy (non-hydrogen) atoms. The van der Waals surface area contributed by atoms with Gasteiger partial charge >= 0.3 is 5.97 Å². The molecule has 2 heterocycles. The average molecular weight is 339 g/mol. The van der Waals surface area contributed by atoms with E-state index < -0.39 is 5.97 Å². The maximum atomic E-state index is 11.7. The van der Waals surface area contributed by atoms with Gasteiger partial charge in [0.2, 0.25) is 5.91 Å². The zero-order chi connectivity index (χ0) is 14.3. The highest BCUT2D eigenvalue weighted by atomic mass is 79.9. The molecule has 2 fully saturated rings. The molecule has 6 heteroatoms. The predicted molar refractivity (Wildman–Crippen MR) is 78.0 cm³/mol. The number of nitrogens with zero attached hydrogens (tertiary/aromatic N) is 2. The first-order valence-corrected chi connectivity index (χ1v) is 7.43. The van der Waals surface area contributed by atoms with Gasteiger partial charge in [-0.1, -0.05) is 15.9 Å². The lowest BCUT2D eigenvalue weighted by Crippen LogP contribution is -2.51. The molecule has 0 bridgehead atoms. The van der Waals surface area contributed by atoms with Crippen molar-refractivity contribution in [2.45, 2.75) is 18.9 Å². The Kier molecular flexibility index (Phi) is 3.41. The third-order valence-electron chi connectivity index (χ3n) is 4.02. The molecule has 2 saturated heterocycles. The van der Waals surface area contributed by atoms with Crippen LogP contribution in [0.3, 0.4) is 0 Å². The average Bonchev–Trinajstić information content (AvgIpc) is 2.80. The van der Waals surface area contributed by atoms with Crippen molar-refractivity contribution < 1.29 is 14.7 Å². The van der Waals surface area contributed by atoms with E-state index in [9.17, 15) is 14.7 Å². The molecule has 0 aromatic heterocycles. The number of fused-ring (bicyclic) bond motifs is 1. The van der Waals surface area contributed by atoms with Crippen molar-refractivity contribution in [3.63, 3.8) is 0 Å². The summed E-state index contributed by atoms with van der Waals surface area (Å²) in [5.74, 6) is -0.699. The number of piperazine rings is 1. The zero-order valence-electron chi connectivity index (χ0n) is 10.9. The minimum absolute atomic E-state index is 0.224. The van der Waals surface area contributed by atoms with Crippen molar-refractivity contribution in [2.24, 2.45) is 0 Å². The van der Waals surface area contributed by atoms with Crippen LogP contribution in [0.2, 0.25) is 0 Å². The Balaban J connectivity index is 1.87. The Labute approximate surface area is 125 Å². The van der Waals surface area contributed by atoms with Gasteiger partial charge in [0.05, 0.1) is 11.3 Å². The van der Waals surface area contributed by atoms with Gasteiger partial charge in [-0.2, -0.15) is 0 Å². The number of carbonyl (C=O) groups excluding carboxylic acids is 1. The molecule has 1 amide bonds. The molecule has 1 aromatic carbocycles. The van der Waals surface area contributed by atoms with Crippen LogP contribution in [0.4, 0.5) is 5.69 Å². The van der Waals surface area contributed by atoms with Gasteiger partial charge in [0.15, 0.2) is 0 Å². The predicted octanol–water partition coefficient (Wildman–Crippen LogP) is 1.96. The molecule has 0 spiro atoms. The number of amides is 1. The summed E-state index contributed by atoms with van der Waals surface area (Å²) < 4.78 is 0.758. The van der Waals surface area contributed by atoms with E-state index in [1.54, 1.807) is 6.07 Å². The molecule has 0 saturated carbocycles. The maximum Gasteiger partial charge on any atom is 0.337 e. The Bertz CT molecular complexity index is 576. The molecule has 1 unspecified atom stereocenters. The first-order valence-electron chi connectivity index (χ1n) is 6.63. The lowest BCUT2D eigenvalue weighted by Gasteiger charge is -2.39. The van der Waals surface area contributed by atoms with Crippen LogP contribution in [0.15, 0.2) is 22.7 Å². The fraction of sp³-hybridized carbons (Fsp3) is 0.429. The van der Waals surface area contributed by atoms with E-state index in [4.69, 9.17) is 0 Å². The van der Waals surface area contributed by atoms with Gasteiger partial charge in [-0.15, -0.1) is 0 Å². The standard InChI is InChI=1S/C14H15BrN2O3/c15-9-1-3-12(11(7-9)14(19)20)16-5-6-17-10(8-16)2-4-13(17)18/h1,3,7,10H,2,4-6,8H2,(H,19,20). The highest BCUT2D eigenvalue weighted by Gasteiger charge is 2.36. The Morgan fingerprint density at radius 2 is 2.15 bits per heavy atom. The van der Waals surface area contributed by atoms with E-state index in [2.05, 4.69) is 20.8 Å². The van der Waals surface area contributed by atoms with Gasteiger partial charge in [-0.05, 0) is 24.6 Å². The second-order valence-electron chi connectivity index (χ2n) is 5.19. The fourth-order valence-corrected chi connectivity index (χ4v) is 3.40. The topological polar surface area (TPSA) is 60.9 Å². The van der Waals surface area contributed by atoms with Crippen LogP contribution in [0.1, 0.15) is 23.2 Å². The van der Waals surface area contributed by atoms with Gasteiger partial charge in [0.25, 0.3) is 0 Å². The van der Waals surface area contributed by atoms with E-state index in [0.29, 0.717) is 31.6 Å². The van der Waals surface area contributed by atoms with Crippen molar-refractivity contribution in [3.8, 4) is 0 Å². The van der Waals surface area contributed by atoms with Crippen molar-refractivity contribution in [1.29, 1.82) is 0 Å². The number of halogens is 1. The van der Waals surface area contributed by atoms with Crippen LogP contribution < -0.4 is 4.90 Å². The zero-order valence-corrected chi connectivity index (χ0v) is 12.5. The summed E-state index contributed by atoms with van der Waals surface area (Å²) in [6.07, 6.45) is 1.49. The highest BCUT2D eigenvalue weighted by Crippen LogP contribution is 2.30. The third kappa shape index (κ3) is 2.28. The summed E-state index contributed by atoms with van der Waals surface area (Å²) in [6.45, 7) is 2.08. The Hall–Kier alpha value is -1.56. The largest absolute Gasteiger partial charge is 0.478 e. The first-order chi connectivity index (χ1) is 9.56. The molecule has 2 aliphatic rings. The van der Waals surface area contributed by atoms with Gasteiger partial charge < -0.3 is 14.9 Å². The summed E-state index contributed by atoms with van der Waals surface area (Å²) in [5.41, 5.74) is 1.04. The molecule has 1 atom stereocenters. The van der Waals surface area contributed by atoms with E-state index in [-0.39, 0.29) is 11.9 Å². The van der Waals surface area contributed by atoms with Gasteiger partial charge in [0, 0.05) is 36.6 Å². The number of carboxylic acid groups (broad SMARTS) is 1. The van der Waals surface area contributed by atoms with Crippen LogP contribution in [-0.2, 0) is 4.79 Å². The summed E-state index contributed by atoms with van der Waals surface area (Å²) in [4.78, 5) is 27.1. The third-order valence-corrected chi connectivity index (χ3v) is 4.52. The van der Waals surface area contributed by atoms with Gasteiger partial charge in [0.1, 0.15) is 0 Å². The quantitative estimate of drug-likeness (QED) is 0.895. The van der Waals surface area contributed by atoms with E-state index in [1.807, 2.05) is 17.0 Å². The Morgan fingerprint density at radius 1 is 1.35 bits per heavy atom. The molecule has 106 valence electrons. The number of benzene rings is 1. The highest BCUT2D eigenvalue weighted by molar-refractivity contribution is 9.10. The summed E-state index contributed by atoms with van der Waals surface area (Å²) >= 11 is 3.31. The summed E-state index contributed by atoms with van der Waals surface area (Å²) in [6, 6.07) is 5.54. The second-order valence-corrected chi connectivity index (χ2v) is 6.11.